The standard InChI is InChI=1S/C18H20ClF3N2O2/c19-12-5-8-15(14(9-12)18(20,21)22)24-17(26)11-3-1-10(2-4-11)16(25)23-13-6-7-13/h5,8-11,13H,1-4,6-7H2,(H,23,25)(H,24,26). The van der Waals surface area contributed by atoms with Crippen molar-refractivity contribution in [3.8, 4) is 0 Å². The number of anilines is 1. The number of hydrogen-bond donors (Lipinski definition) is 2. The molecule has 8 heteroatoms. The van der Waals surface area contributed by atoms with Crippen molar-refractivity contribution in [2.24, 2.45) is 11.8 Å². The first-order valence-corrected chi connectivity index (χ1v) is 9.10. The fraction of sp³-hybridized carbons (Fsp3) is 0.556. The fourth-order valence-electron chi connectivity index (χ4n) is 3.26. The fourth-order valence-corrected chi connectivity index (χ4v) is 3.43. The Labute approximate surface area is 154 Å². The van der Waals surface area contributed by atoms with E-state index < -0.39 is 23.6 Å². The predicted octanol–water partition coefficient (Wildman–Crippen LogP) is 4.38. The molecule has 0 aromatic heterocycles. The van der Waals surface area contributed by atoms with E-state index in [9.17, 15) is 22.8 Å². The summed E-state index contributed by atoms with van der Waals surface area (Å²) < 4.78 is 39.3. The first-order valence-electron chi connectivity index (χ1n) is 8.72. The maximum atomic E-state index is 13.1. The smallest absolute Gasteiger partial charge is 0.353 e. The molecule has 0 heterocycles. The molecule has 0 radical (unpaired) electrons. The van der Waals surface area contributed by atoms with Crippen LogP contribution < -0.4 is 10.6 Å². The highest BCUT2D eigenvalue weighted by molar-refractivity contribution is 6.30. The summed E-state index contributed by atoms with van der Waals surface area (Å²) in [6, 6.07) is 3.58. The van der Waals surface area contributed by atoms with Crippen molar-refractivity contribution in [3.63, 3.8) is 0 Å². The molecule has 26 heavy (non-hydrogen) atoms. The van der Waals surface area contributed by atoms with Crippen molar-refractivity contribution in [1.82, 2.24) is 5.32 Å². The van der Waals surface area contributed by atoms with E-state index in [1.54, 1.807) is 0 Å². The van der Waals surface area contributed by atoms with Gasteiger partial charge in [-0.1, -0.05) is 11.6 Å². The van der Waals surface area contributed by atoms with E-state index in [2.05, 4.69) is 10.6 Å². The number of rotatable bonds is 4. The third-order valence-electron chi connectivity index (χ3n) is 4.94. The van der Waals surface area contributed by atoms with Gasteiger partial charge in [-0.05, 0) is 56.7 Å². The van der Waals surface area contributed by atoms with Crippen LogP contribution in [0.2, 0.25) is 5.02 Å². The summed E-state index contributed by atoms with van der Waals surface area (Å²) in [7, 11) is 0. The van der Waals surface area contributed by atoms with Crippen LogP contribution in [0.5, 0.6) is 0 Å². The summed E-state index contributed by atoms with van der Waals surface area (Å²) in [4.78, 5) is 24.4. The minimum atomic E-state index is -4.61. The van der Waals surface area contributed by atoms with Crippen molar-refractivity contribution in [3.05, 3.63) is 28.8 Å². The van der Waals surface area contributed by atoms with Crippen molar-refractivity contribution in [1.29, 1.82) is 0 Å². The molecule has 2 aliphatic rings. The average molecular weight is 389 g/mol. The van der Waals surface area contributed by atoms with Crippen LogP contribution >= 0.6 is 11.6 Å². The molecule has 2 N–H and O–H groups in total. The molecule has 0 saturated heterocycles. The molecule has 142 valence electrons. The Kier molecular flexibility index (Phi) is 5.46. The molecular weight excluding hydrogens is 369 g/mol. The Morgan fingerprint density at radius 3 is 2.08 bits per heavy atom. The minimum absolute atomic E-state index is 0.0309. The lowest BCUT2D eigenvalue weighted by atomic mass is 9.81. The lowest BCUT2D eigenvalue weighted by Crippen LogP contribution is -2.36. The Bertz CT molecular complexity index is 696. The van der Waals surface area contributed by atoms with Crippen LogP contribution in [-0.2, 0) is 15.8 Å². The summed E-state index contributed by atoms with van der Waals surface area (Å²) in [6.45, 7) is 0. The number of nitrogens with one attached hydrogen (secondary N) is 2. The van der Waals surface area contributed by atoms with E-state index >= 15 is 0 Å². The van der Waals surface area contributed by atoms with Gasteiger partial charge in [0, 0.05) is 22.9 Å². The number of benzene rings is 1. The van der Waals surface area contributed by atoms with Crippen molar-refractivity contribution in [2.75, 3.05) is 5.32 Å². The molecule has 4 nitrogen and oxygen atoms in total. The normalized spacial score (nSPS) is 23.4. The maximum absolute atomic E-state index is 13.1. The minimum Gasteiger partial charge on any atom is -0.353 e. The van der Waals surface area contributed by atoms with Crippen LogP contribution in [0.15, 0.2) is 18.2 Å². The first kappa shape index (κ1) is 19.0. The molecule has 0 spiro atoms. The molecule has 2 fully saturated rings. The van der Waals surface area contributed by atoms with Gasteiger partial charge in [-0.15, -0.1) is 0 Å². The molecule has 2 aliphatic carbocycles. The van der Waals surface area contributed by atoms with Crippen molar-refractivity contribution < 1.29 is 22.8 Å². The van der Waals surface area contributed by atoms with Gasteiger partial charge in [-0.25, -0.2) is 0 Å². The molecule has 3 rings (SSSR count). The van der Waals surface area contributed by atoms with Gasteiger partial charge in [0.15, 0.2) is 0 Å². The topological polar surface area (TPSA) is 58.2 Å². The van der Waals surface area contributed by atoms with Gasteiger partial charge >= 0.3 is 6.18 Å². The number of hydrogen-bond acceptors (Lipinski definition) is 2. The third kappa shape index (κ3) is 4.69. The number of alkyl halides is 3. The molecule has 2 saturated carbocycles. The number of carbonyl (C=O) groups is 2. The Balaban J connectivity index is 1.58. The highest BCUT2D eigenvalue weighted by atomic mass is 35.5. The van der Waals surface area contributed by atoms with Gasteiger partial charge in [0.05, 0.1) is 11.3 Å². The molecule has 0 aliphatic heterocycles. The van der Waals surface area contributed by atoms with Crippen molar-refractivity contribution >= 4 is 29.1 Å². The van der Waals surface area contributed by atoms with Gasteiger partial charge in [0.1, 0.15) is 0 Å². The molecule has 0 atom stereocenters. The highest BCUT2D eigenvalue weighted by Crippen LogP contribution is 2.37. The maximum Gasteiger partial charge on any atom is 0.418 e. The van der Waals surface area contributed by atoms with Gasteiger partial charge < -0.3 is 10.6 Å². The van der Waals surface area contributed by atoms with E-state index in [0.717, 1.165) is 25.0 Å². The quantitative estimate of drug-likeness (QED) is 0.804. The van der Waals surface area contributed by atoms with Crippen LogP contribution in [0.4, 0.5) is 18.9 Å². The number of carbonyl (C=O) groups excluding carboxylic acids is 2. The molecule has 2 amide bonds. The van der Waals surface area contributed by atoms with E-state index in [1.807, 2.05) is 0 Å². The summed E-state index contributed by atoms with van der Waals surface area (Å²) in [5.41, 5.74) is -1.25. The van der Waals surface area contributed by atoms with E-state index in [-0.39, 0.29) is 22.5 Å². The van der Waals surface area contributed by atoms with E-state index in [0.29, 0.717) is 31.7 Å². The second-order valence-corrected chi connectivity index (χ2v) is 7.44. The largest absolute Gasteiger partial charge is 0.418 e. The van der Waals surface area contributed by atoms with E-state index in [4.69, 9.17) is 11.6 Å². The monoisotopic (exact) mass is 388 g/mol. The first-order chi connectivity index (χ1) is 12.2. The molecule has 1 aromatic rings. The highest BCUT2D eigenvalue weighted by Gasteiger charge is 2.36. The summed E-state index contributed by atoms with van der Waals surface area (Å²) in [5.74, 6) is -0.917. The zero-order chi connectivity index (χ0) is 18.9. The summed E-state index contributed by atoms with van der Waals surface area (Å²) in [5, 5.41) is 5.30. The summed E-state index contributed by atoms with van der Waals surface area (Å²) >= 11 is 5.64. The van der Waals surface area contributed by atoms with Crippen LogP contribution in [0.25, 0.3) is 0 Å². The van der Waals surface area contributed by atoms with E-state index in [1.165, 1.54) is 6.07 Å². The summed E-state index contributed by atoms with van der Waals surface area (Å²) in [6.07, 6.45) is -0.440. The Morgan fingerprint density at radius 1 is 0.962 bits per heavy atom. The third-order valence-corrected chi connectivity index (χ3v) is 5.17. The van der Waals surface area contributed by atoms with Crippen LogP contribution in [-0.4, -0.2) is 17.9 Å². The SMILES string of the molecule is O=C(Nc1ccc(Cl)cc1C(F)(F)F)C1CCC(C(=O)NC2CC2)CC1. The molecule has 0 bridgehead atoms. The molecule has 0 unspecified atom stereocenters. The second-order valence-electron chi connectivity index (χ2n) is 7.01. The zero-order valence-corrected chi connectivity index (χ0v) is 14.8. The number of amides is 2. The van der Waals surface area contributed by atoms with Crippen LogP contribution in [0.3, 0.4) is 0 Å². The second kappa shape index (κ2) is 7.47. The Hall–Kier alpha value is -1.76. The van der Waals surface area contributed by atoms with Crippen molar-refractivity contribution in [2.45, 2.75) is 50.7 Å². The van der Waals surface area contributed by atoms with Gasteiger partial charge in [-0.2, -0.15) is 13.2 Å². The predicted molar refractivity (Wildman–Crippen MR) is 91.7 cm³/mol. The van der Waals surface area contributed by atoms with Gasteiger partial charge in [0.25, 0.3) is 0 Å². The average Bonchev–Trinajstić information content (AvgIpc) is 3.39. The lowest BCUT2D eigenvalue weighted by molar-refractivity contribution is -0.137. The zero-order valence-electron chi connectivity index (χ0n) is 14.0. The lowest BCUT2D eigenvalue weighted by Gasteiger charge is -2.27. The molecule has 1 aromatic carbocycles. The van der Waals surface area contributed by atoms with Gasteiger partial charge in [-0.3, -0.25) is 9.59 Å². The Morgan fingerprint density at radius 2 is 1.54 bits per heavy atom. The van der Waals surface area contributed by atoms with Crippen LogP contribution in [0.1, 0.15) is 44.1 Å². The number of halogens is 4. The van der Waals surface area contributed by atoms with Gasteiger partial charge in [0.2, 0.25) is 11.8 Å². The molecular formula is C18H20ClF3N2O2. The van der Waals surface area contributed by atoms with Crippen LogP contribution in [0, 0.1) is 11.8 Å².